The number of amides is 1. The number of alkyl halides is 1. The van der Waals surface area contributed by atoms with Crippen molar-refractivity contribution in [3.8, 4) is 11.4 Å². The number of carbonyl (C=O) groups is 1. The number of benzene rings is 1. The molecule has 1 amide bonds. The number of imidazole rings is 1. The van der Waals surface area contributed by atoms with Crippen LogP contribution in [0.3, 0.4) is 0 Å². The molecule has 5 rings (SSSR count). The van der Waals surface area contributed by atoms with Gasteiger partial charge in [-0.1, -0.05) is 17.3 Å². The number of thiazole rings is 1. The number of halogens is 1. The van der Waals surface area contributed by atoms with Crippen LogP contribution in [0.4, 0.5) is 10.1 Å². The fraction of sp³-hybridized carbons (Fsp3) is 0.263. The Bertz CT molecular complexity index is 1210. The number of aryl methyl sites for hydroxylation is 2. The molecule has 1 N–H and O–H groups in total. The van der Waals surface area contributed by atoms with Crippen molar-refractivity contribution in [3.05, 3.63) is 52.6 Å². The molecule has 2 atom stereocenters. The van der Waals surface area contributed by atoms with Crippen molar-refractivity contribution in [3.63, 3.8) is 0 Å². The van der Waals surface area contributed by atoms with Crippen molar-refractivity contribution in [2.45, 2.75) is 32.4 Å². The van der Waals surface area contributed by atoms with Gasteiger partial charge in [-0.15, -0.1) is 11.3 Å². The van der Waals surface area contributed by atoms with Gasteiger partial charge in [-0.2, -0.15) is 4.98 Å². The predicted molar refractivity (Wildman–Crippen MR) is 102 cm³/mol. The molecule has 142 valence electrons. The zero-order valence-electron chi connectivity index (χ0n) is 15.1. The average Bonchev–Trinajstić information content (AvgIpc) is 3.04. The molecule has 1 aromatic carbocycles. The van der Waals surface area contributed by atoms with E-state index in [1.807, 2.05) is 32.2 Å². The Morgan fingerprint density at radius 3 is 3.00 bits per heavy atom. The fourth-order valence-corrected chi connectivity index (χ4v) is 3.87. The van der Waals surface area contributed by atoms with E-state index >= 15 is 0 Å². The highest BCUT2D eigenvalue weighted by Gasteiger charge is 2.43. The lowest BCUT2D eigenvalue weighted by molar-refractivity contribution is 0.102. The van der Waals surface area contributed by atoms with Crippen LogP contribution >= 0.6 is 11.3 Å². The van der Waals surface area contributed by atoms with E-state index in [0.29, 0.717) is 35.1 Å². The van der Waals surface area contributed by atoms with E-state index < -0.39 is 6.17 Å². The maximum atomic E-state index is 13.2. The largest absolute Gasteiger partial charge is 0.339 e. The quantitative estimate of drug-likeness (QED) is 0.559. The van der Waals surface area contributed by atoms with Gasteiger partial charge in [-0.25, -0.2) is 9.37 Å². The van der Waals surface area contributed by atoms with Gasteiger partial charge >= 0.3 is 0 Å². The van der Waals surface area contributed by atoms with Crippen LogP contribution < -0.4 is 5.32 Å². The van der Waals surface area contributed by atoms with E-state index in [0.717, 1.165) is 15.4 Å². The monoisotopic (exact) mass is 397 g/mol. The summed E-state index contributed by atoms with van der Waals surface area (Å²) in [7, 11) is 0. The van der Waals surface area contributed by atoms with Gasteiger partial charge in [-0.3, -0.25) is 9.20 Å². The Hall–Kier alpha value is -3.07. The summed E-state index contributed by atoms with van der Waals surface area (Å²) in [5, 5.41) is 6.88. The lowest BCUT2D eigenvalue weighted by Crippen LogP contribution is -2.14. The van der Waals surface area contributed by atoms with Crippen LogP contribution in [0.5, 0.6) is 0 Å². The summed E-state index contributed by atoms with van der Waals surface area (Å²) in [5.41, 5.74) is 2.70. The first-order chi connectivity index (χ1) is 13.5. The zero-order chi connectivity index (χ0) is 19.4. The molecule has 0 unspecified atom stereocenters. The molecule has 0 radical (unpaired) electrons. The summed E-state index contributed by atoms with van der Waals surface area (Å²) in [6.45, 7) is 3.88. The molecule has 28 heavy (non-hydrogen) atoms. The van der Waals surface area contributed by atoms with Crippen LogP contribution in [-0.2, 0) is 0 Å². The van der Waals surface area contributed by atoms with Crippen LogP contribution in [0.1, 0.15) is 39.2 Å². The third-order valence-electron chi connectivity index (χ3n) is 4.77. The average molecular weight is 397 g/mol. The topological polar surface area (TPSA) is 85.3 Å². The third-order valence-corrected chi connectivity index (χ3v) is 5.69. The molecular formula is C19H16FN5O2S. The first-order valence-corrected chi connectivity index (χ1v) is 9.65. The minimum Gasteiger partial charge on any atom is -0.339 e. The summed E-state index contributed by atoms with van der Waals surface area (Å²) in [4.78, 5) is 23.2. The minimum absolute atomic E-state index is 0.252. The molecule has 7 nitrogen and oxygen atoms in total. The van der Waals surface area contributed by atoms with Crippen LogP contribution in [-0.4, -0.2) is 31.6 Å². The first-order valence-electron chi connectivity index (χ1n) is 8.83. The van der Waals surface area contributed by atoms with E-state index in [4.69, 9.17) is 4.52 Å². The highest BCUT2D eigenvalue weighted by molar-refractivity contribution is 7.17. The summed E-state index contributed by atoms with van der Waals surface area (Å²) >= 11 is 1.53. The van der Waals surface area contributed by atoms with Gasteiger partial charge in [0.15, 0.2) is 4.96 Å². The number of nitrogens with zero attached hydrogens (tertiary/aromatic N) is 4. The second kappa shape index (κ2) is 6.23. The van der Waals surface area contributed by atoms with E-state index in [1.54, 1.807) is 16.7 Å². The predicted octanol–water partition coefficient (Wildman–Crippen LogP) is 4.14. The highest BCUT2D eigenvalue weighted by atomic mass is 32.1. The normalized spacial score (nSPS) is 18.5. The number of rotatable bonds is 4. The van der Waals surface area contributed by atoms with Crippen molar-refractivity contribution in [1.29, 1.82) is 0 Å². The summed E-state index contributed by atoms with van der Waals surface area (Å²) in [5.74, 6) is 0.162. The smallest absolute Gasteiger partial charge is 0.274 e. The highest BCUT2D eigenvalue weighted by Crippen LogP contribution is 2.43. The van der Waals surface area contributed by atoms with Crippen LogP contribution in [0.2, 0.25) is 0 Å². The standard InChI is InChI=1S/C19H16FN5O2S/c1-9-3-4-11(16-23-18(27-24-16)12-6-13(12)20)5-14(9)22-17(26)15-7-21-19-25(15)8-10(2)28-19/h3-5,7-8,12-13H,6H2,1-2H3,(H,22,26)/t12-,13-/m0/s1. The van der Waals surface area contributed by atoms with Gasteiger partial charge in [0, 0.05) is 22.3 Å². The first kappa shape index (κ1) is 17.1. The minimum atomic E-state index is -0.894. The second-order valence-electron chi connectivity index (χ2n) is 6.94. The molecule has 0 bridgehead atoms. The Morgan fingerprint density at radius 1 is 1.39 bits per heavy atom. The van der Waals surface area contributed by atoms with Crippen molar-refractivity contribution in [2.24, 2.45) is 0 Å². The Labute approximate surface area is 163 Å². The molecule has 0 saturated heterocycles. The second-order valence-corrected chi connectivity index (χ2v) is 8.15. The lowest BCUT2D eigenvalue weighted by Gasteiger charge is -2.09. The van der Waals surface area contributed by atoms with E-state index in [9.17, 15) is 9.18 Å². The number of nitrogens with one attached hydrogen (secondary N) is 1. The van der Waals surface area contributed by atoms with E-state index in [1.165, 1.54) is 11.3 Å². The molecule has 0 spiro atoms. The van der Waals surface area contributed by atoms with Crippen molar-refractivity contribution in [1.82, 2.24) is 19.5 Å². The SMILES string of the molecule is Cc1cn2c(C(=O)Nc3cc(-c4noc([C@H]5C[C@@H]5F)n4)ccc3C)cnc2s1. The van der Waals surface area contributed by atoms with Gasteiger partial charge in [0.25, 0.3) is 5.91 Å². The van der Waals surface area contributed by atoms with Crippen molar-refractivity contribution >= 4 is 27.9 Å². The van der Waals surface area contributed by atoms with Crippen LogP contribution in [0.25, 0.3) is 16.3 Å². The van der Waals surface area contributed by atoms with Gasteiger partial charge < -0.3 is 9.84 Å². The Kier molecular flexibility index (Phi) is 3.80. The fourth-order valence-electron chi connectivity index (χ4n) is 3.07. The molecule has 9 heteroatoms. The maximum absolute atomic E-state index is 13.2. The molecule has 1 aliphatic rings. The van der Waals surface area contributed by atoms with Crippen LogP contribution in [0, 0.1) is 13.8 Å². The van der Waals surface area contributed by atoms with Gasteiger partial charge in [0.2, 0.25) is 11.7 Å². The van der Waals surface area contributed by atoms with Crippen molar-refractivity contribution in [2.75, 3.05) is 5.32 Å². The number of hydrogen-bond acceptors (Lipinski definition) is 6. The zero-order valence-corrected chi connectivity index (χ0v) is 16.0. The number of carbonyl (C=O) groups excluding carboxylic acids is 1. The molecule has 1 fully saturated rings. The van der Waals surface area contributed by atoms with E-state index in [-0.39, 0.29) is 11.8 Å². The lowest BCUT2D eigenvalue weighted by atomic mass is 10.1. The van der Waals surface area contributed by atoms with Gasteiger partial charge in [-0.05, 0) is 31.9 Å². The summed E-state index contributed by atoms with van der Waals surface area (Å²) in [6, 6.07) is 5.51. The summed E-state index contributed by atoms with van der Waals surface area (Å²) in [6.07, 6.45) is 2.99. The molecule has 3 heterocycles. The maximum Gasteiger partial charge on any atom is 0.274 e. The number of anilines is 1. The molecule has 1 aliphatic carbocycles. The molecule has 1 saturated carbocycles. The van der Waals surface area contributed by atoms with Gasteiger partial charge in [0.1, 0.15) is 11.9 Å². The third kappa shape index (κ3) is 2.88. The van der Waals surface area contributed by atoms with Crippen molar-refractivity contribution < 1.29 is 13.7 Å². The van der Waals surface area contributed by atoms with E-state index in [2.05, 4.69) is 20.4 Å². The van der Waals surface area contributed by atoms with Crippen LogP contribution in [0.15, 0.2) is 35.1 Å². The Balaban J connectivity index is 1.42. The number of fused-ring (bicyclic) bond motifs is 1. The molecule has 4 aromatic rings. The number of aromatic nitrogens is 4. The molecule has 0 aliphatic heterocycles. The Morgan fingerprint density at radius 2 is 2.21 bits per heavy atom. The summed E-state index contributed by atoms with van der Waals surface area (Å²) < 4.78 is 20.2. The number of hydrogen-bond donors (Lipinski definition) is 1. The molecule has 3 aromatic heterocycles. The molecular weight excluding hydrogens is 381 g/mol. The van der Waals surface area contributed by atoms with Gasteiger partial charge in [0.05, 0.1) is 12.1 Å².